The Morgan fingerprint density at radius 3 is 2.44 bits per heavy atom. The van der Waals surface area contributed by atoms with Crippen LogP contribution in [0.4, 0.5) is 37.8 Å². The fourth-order valence-electron chi connectivity index (χ4n) is 5.35. The van der Waals surface area contributed by atoms with E-state index in [0.717, 1.165) is 17.1 Å². The minimum atomic E-state index is -2.40. The molecule has 5 aromatic rings. The molecule has 1 fully saturated rings. The Bertz CT molecular complexity index is 2100. The van der Waals surface area contributed by atoms with Gasteiger partial charge in [0.15, 0.2) is 11.5 Å². The number of carbonyl (C=O) groups is 2. The number of halogens is 6. The van der Waals surface area contributed by atoms with E-state index in [-0.39, 0.29) is 18.8 Å². The van der Waals surface area contributed by atoms with Crippen molar-refractivity contribution in [3.05, 3.63) is 95.1 Å². The number of hydrogen-bond acceptors (Lipinski definition) is 9. The van der Waals surface area contributed by atoms with Crippen molar-refractivity contribution >= 4 is 34.3 Å². The zero-order valence-corrected chi connectivity index (χ0v) is 26.3. The van der Waals surface area contributed by atoms with E-state index in [1.807, 2.05) is 0 Å². The van der Waals surface area contributed by atoms with Crippen LogP contribution in [0.15, 0.2) is 49.1 Å². The molecule has 0 radical (unpaired) electrons. The van der Waals surface area contributed by atoms with Gasteiger partial charge in [-0.3, -0.25) is 9.48 Å². The van der Waals surface area contributed by atoms with Crippen molar-refractivity contribution in [3.8, 4) is 17.2 Å². The minimum absolute atomic E-state index is 0.168. The molecule has 1 N–H and O–H groups in total. The zero-order chi connectivity index (χ0) is 35.7. The lowest BCUT2D eigenvalue weighted by Gasteiger charge is -2.33. The van der Waals surface area contributed by atoms with Gasteiger partial charge < -0.3 is 24.4 Å². The molecule has 0 spiro atoms. The number of esters is 1. The SMILES string of the molecule is COc1cc2ncnc(Nc3cccc(C)c3F)c2cc1O[C@@H]1CCCN(C(=O)Cn2cc(C(=O)Oc3c(F)c(F)c(F)c(F)c3F)cn2)C1. The molecule has 1 aliphatic rings. The third-order valence-electron chi connectivity index (χ3n) is 7.92. The van der Waals surface area contributed by atoms with E-state index < -0.39 is 64.2 Å². The maximum atomic E-state index is 14.7. The summed E-state index contributed by atoms with van der Waals surface area (Å²) in [6.07, 6.45) is 3.97. The predicted molar refractivity (Wildman–Crippen MR) is 164 cm³/mol. The van der Waals surface area contributed by atoms with Crippen LogP contribution in [0.1, 0.15) is 28.8 Å². The highest BCUT2D eigenvalue weighted by Gasteiger charge is 2.30. The monoisotopic (exact) mass is 700 g/mol. The molecule has 0 bridgehead atoms. The Hall–Kier alpha value is -5.87. The highest BCUT2D eigenvalue weighted by atomic mass is 19.2. The number of nitrogens with zero attached hydrogens (tertiary/aromatic N) is 5. The van der Waals surface area contributed by atoms with Gasteiger partial charge in [0.2, 0.25) is 40.7 Å². The van der Waals surface area contributed by atoms with Crippen LogP contribution in [-0.2, 0) is 11.3 Å². The van der Waals surface area contributed by atoms with Gasteiger partial charge in [0.25, 0.3) is 0 Å². The number of benzene rings is 3. The van der Waals surface area contributed by atoms with Crippen molar-refractivity contribution in [2.24, 2.45) is 0 Å². The Kier molecular flexibility index (Phi) is 9.48. The van der Waals surface area contributed by atoms with Crippen LogP contribution in [0.5, 0.6) is 17.2 Å². The van der Waals surface area contributed by atoms with E-state index in [9.17, 15) is 35.9 Å². The molecule has 260 valence electrons. The largest absolute Gasteiger partial charge is 0.493 e. The number of rotatable bonds is 9. The summed E-state index contributed by atoms with van der Waals surface area (Å²) in [5, 5.41) is 7.42. The molecule has 50 heavy (non-hydrogen) atoms. The molecule has 0 aliphatic carbocycles. The van der Waals surface area contributed by atoms with E-state index in [4.69, 9.17) is 9.47 Å². The fourth-order valence-corrected chi connectivity index (χ4v) is 5.35. The number of likely N-dealkylation sites (tertiary alicyclic amines) is 1. The van der Waals surface area contributed by atoms with Crippen LogP contribution >= 0.6 is 0 Å². The van der Waals surface area contributed by atoms with E-state index in [0.29, 0.717) is 53.2 Å². The summed E-state index contributed by atoms with van der Waals surface area (Å²) in [4.78, 5) is 35.7. The lowest BCUT2D eigenvalue weighted by molar-refractivity contribution is -0.134. The Morgan fingerprint density at radius 2 is 1.70 bits per heavy atom. The lowest BCUT2D eigenvalue weighted by atomic mass is 10.1. The summed E-state index contributed by atoms with van der Waals surface area (Å²) in [6.45, 7) is 1.84. The predicted octanol–water partition coefficient (Wildman–Crippen LogP) is 6.01. The average molecular weight is 701 g/mol. The topological polar surface area (TPSA) is 121 Å². The summed E-state index contributed by atoms with van der Waals surface area (Å²) >= 11 is 0. The molecule has 2 aromatic heterocycles. The smallest absolute Gasteiger partial charge is 0.346 e. The number of methoxy groups -OCH3 is 1. The van der Waals surface area contributed by atoms with Crippen molar-refractivity contribution in [1.82, 2.24) is 24.6 Å². The van der Waals surface area contributed by atoms with Gasteiger partial charge in [-0.15, -0.1) is 0 Å². The van der Waals surface area contributed by atoms with Crippen molar-refractivity contribution in [2.75, 3.05) is 25.5 Å². The molecule has 6 rings (SSSR count). The molecule has 0 unspecified atom stereocenters. The van der Waals surface area contributed by atoms with Crippen molar-refractivity contribution in [1.29, 1.82) is 0 Å². The molecule has 3 aromatic carbocycles. The number of nitrogens with one attached hydrogen (secondary N) is 1. The third kappa shape index (κ3) is 6.70. The maximum absolute atomic E-state index is 14.7. The first kappa shape index (κ1) is 34.0. The first-order valence-corrected chi connectivity index (χ1v) is 15.0. The summed E-state index contributed by atoms with van der Waals surface area (Å²) in [5.41, 5.74) is 0.784. The second-order valence-electron chi connectivity index (χ2n) is 11.2. The number of amides is 1. The van der Waals surface area contributed by atoms with E-state index in [2.05, 4.69) is 25.1 Å². The Morgan fingerprint density at radius 1 is 0.960 bits per heavy atom. The summed E-state index contributed by atoms with van der Waals surface area (Å²) in [5.74, 6) is -14.6. The number of aromatic nitrogens is 4. The Balaban J connectivity index is 1.13. The highest BCUT2D eigenvalue weighted by molar-refractivity contribution is 5.93. The molecular weight excluding hydrogens is 674 g/mol. The summed E-state index contributed by atoms with van der Waals surface area (Å²) in [6, 6.07) is 8.27. The molecule has 1 saturated heterocycles. The average Bonchev–Trinajstić information content (AvgIpc) is 3.59. The van der Waals surface area contributed by atoms with Gasteiger partial charge in [0.05, 0.1) is 36.6 Å². The number of aryl methyl sites for hydroxylation is 1. The van der Waals surface area contributed by atoms with Gasteiger partial charge in [-0.25, -0.2) is 32.3 Å². The van der Waals surface area contributed by atoms with Crippen LogP contribution in [0, 0.1) is 41.8 Å². The van der Waals surface area contributed by atoms with Crippen LogP contribution < -0.4 is 19.5 Å². The van der Waals surface area contributed by atoms with Crippen LogP contribution in [0.2, 0.25) is 0 Å². The zero-order valence-electron chi connectivity index (χ0n) is 26.3. The van der Waals surface area contributed by atoms with E-state index in [1.165, 1.54) is 18.3 Å². The number of fused-ring (bicyclic) bond motifs is 1. The summed E-state index contributed by atoms with van der Waals surface area (Å²) < 4.78 is 100. The number of anilines is 2. The van der Waals surface area contributed by atoms with Gasteiger partial charge >= 0.3 is 5.97 Å². The van der Waals surface area contributed by atoms with Crippen molar-refractivity contribution in [2.45, 2.75) is 32.4 Å². The Labute approximate surface area is 279 Å². The molecule has 1 amide bonds. The number of hydrogen-bond donors (Lipinski definition) is 1. The van der Waals surface area contributed by atoms with E-state index in [1.54, 1.807) is 37.3 Å². The van der Waals surface area contributed by atoms with Crippen molar-refractivity contribution < 1.29 is 50.1 Å². The van der Waals surface area contributed by atoms with Gasteiger partial charge in [0.1, 0.15) is 30.6 Å². The van der Waals surface area contributed by atoms with Gasteiger partial charge in [0, 0.05) is 24.2 Å². The molecule has 1 atom stereocenters. The fraction of sp³-hybridized carbons (Fsp3) is 0.242. The van der Waals surface area contributed by atoms with Crippen molar-refractivity contribution in [3.63, 3.8) is 0 Å². The van der Waals surface area contributed by atoms with Gasteiger partial charge in [-0.1, -0.05) is 12.1 Å². The minimum Gasteiger partial charge on any atom is -0.493 e. The maximum Gasteiger partial charge on any atom is 0.346 e. The quantitative estimate of drug-likeness (QED) is 0.0648. The van der Waals surface area contributed by atoms with Gasteiger partial charge in [-0.2, -0.15) is 13.9 Å². The lowest BCUT2D eigenvalue weighted by Crippen LogP contribution is -2.45. The third-order valence-corrected chi connectivity index (χ3v) is 7.92. The van der Waals surface area contributed by atoms with Gasteiger partial charge in [-0.05, 0) is 37.5 Å². The second-order valence-corrected chi connectivity index (χ2v) is 11.2. The van der Waals surface area contributed by atoms with Crippen LogP contribution in [-0.4, -0.2) is 62.8 Å². The first-order chi connectivity index (χ1) is 23.9. The highest BCUT2D eigenvalue weighted by Crippen LogP contribution is 2.37. The van der Waals surface area contributed by atoms with Crippen LogP contribution in [0.3, 0.4) is 0 Å². The molecule has 0 saturated carbocycles. The molecule has 17 heteroatoms. The second kappa shape index (κ2) is 13.9. The molecule has 11 nitrogen and oxygen atoms in total. The number of piperidine rings is 1. The standard InChI is InChI=1S/C33H26F6N6O5/c1-16-5-3-7-20(25(16)34)43-32-19-9-23(22(48-2)10-21(19)40-15-41-32)49-18-6-4-8-44(13-18)24(46)14-45-12-17(11-42-45)33(47)50-31-29(38)27(36)26(35)28(37)30(31)39/h3,5,7,9-12,15,18H,4,6,8,13-14H2,1-2H3,(H,40,41,43)/t18-/m1/s1. The summed E-state index contributed by atoms with van der Waals surface area (Å²) in [7, 11) is 1.46. The number of ether oxygens (including phenoxy) is 3. The normalized spacial score (nSPS) is 14.5. The molecule has 3 heterocycles. The number of carbonyl (C=O) groups excluding carboxylic acids is 2. The van der Waals surface area contributed by atoms with Crippen LogP contribution in [0.25, 0.3) is 10.9 Å². The van der Waals surface area contributed by atoms with E-state index >= 15 is 0 Å². The molecule has 1 aliphatic heterocycles. The first-order valence-electron chi connectivity index (χ1n) is 15.0. The molecular formula is C33H26F6N6O5.